The Kier molecular flexibility index (Phi) is 9.12. The second-order valence-electron chi connectivity index (χ2n) is 11.5. The van der Waals surface area contributed by atoms with E-state index < -0.39 is 47.2 Å². The summed E-state index contributed by atoms with van der Waals surface area (Å²) in [7, 11) is 0. The van der Waals surface area contributed by atoms with Crippen molar-refractivity contribution in [3.05, 3.63) is 36.5 Å². The molecular formula is C29H43NO6. The van der Waals surface area contributed by atoms with Gasteiger partial charge in [0.1, 0.15) is 0 Å². The molecule has 2 fully saturated rings. The van der Waals surface area contributed by atoms with E-state index in [1.807, 2.05) is 32.9 Å². The van der Waals surface area contributed by atoms with Crippen molar-refractivity contribution < 1.29 is 29.7 Å². The van der Waals surface area contributed by atoms with Gasteiger partial charge < -0.3 is 20.6 Å². The number of Topliss-reactive ketones (excluding diaryl/α,β-unsaturated/α-hetero) is 2. The summed E-state index contributed by atoms with van der Waals surface area (Å²) in [5.74, 6) is -3.08. The lowest BCUT2D eigenvalue weighted by molar-refractivity contribution is -0.151. The molecule has 4 N–H and O–H groups in total. The maximum atomic E-state index is 14.0. The van der Waals surface area contributed by atoms with E-state index in [0.717, 1.165) is 12.8 Å². The van der Waals surface area contributed by atoms with Crippen molar-refractivity contribution in [1.82, 2.24) is 5.32 Å². The Hall–Kier alpha value is -2.09. The number of hydrogen-bond donors (Lipinski definition) is 4. The molecule has 200 valence electrons. The Morgan fingerprint density at radius 2 is 1.83 bits per heavy atom. The zero-order chi connectivity index (χ0) is 26.8. The minimum atomic E-state index is -1.65. The number of aliphatic hydroxyl groups excluding tert-OH is 3. The average molecular weight is 502 g/mol. The van der Waals surface area contributed by atoms with Crippen molar-refractivity contribution in [2.75, 3.05) is 0 Å². The van der Waals surface area contributed by atoms with Gasteiger partial charge in [0.2, 0.25) is 11.7 Å². The van der Waals surface area contributed by atoms with Crippen molar-refractivity contribution in [1.29, 1.82) is 0 Å². The van der Waals surface area contributed by atoms with Gasteiger partial charge in [0, 0.05) is 11.3 Å². The first-order chi connectivity index (χ1) is 16.9. The smallest absolute Gasteiger partial charge is 0.240 e. The third-order valence-corrected chi connectivity index (χ3v) is 8.84. The van der Waals surface area contributed by atoms with E-state index in [2.05, 4.69) is 25.2 Å². The summed E-state index contributed by atoms with van der Waals surface area (Å²) in [6, 6.07) is 0. The Morgan fingerprint density at radius 1 is 1.17 bits per heavy atom. The third-order valence-electron chi connectivity index (χ3n) is 8.84. The molecule has 7 nitrogen and oxygen atoms in total. The number of fused-ring (bicyclic) bond motifs is 1. The number of aliphatic hydroxyl groups is 3. The van der Waals surface area contributed by atoms with Crippen LogP contribution >= 0.6 is 0 Å². The highest BCUT2D eigenvalue weighted by molar-refractivity contribution is 6.25. The highest BCUT2D eigenvalue weighted by Gasteiger charge is 2.59. The van der Waals surface area contributed by atoms with Gasteiger partial charge in [0.05, 0.1) is 12.2 Å². The van der Waals surface area contributed by atoms with Crippen molar-refractivity contribution in [3.8, 4) is 0 Å². The molecule has 3 aliphatic rings. The normalized spacial score (nSPS) is 39.3. The molecule has 0 aromatic heterocycles. The van der Waals surface area contributed by atoms with Gasteiger partial charge >= 0.3 is 0 Å². The van der Waals surface area contributed by atoms with Crippen LogP contribution < -0.4 is 5.32 Å². The van der Waals surface area contributed by atoms with Gasteiger partial charge in [0.25, 0.3) is 0 Å². The van der Waals surface area contributed by atoms with Crippen molar-refractivity contribution in [2.45, 2.75) is 78.7 Å². The molecule has 1 saturated heterocycles. The lowest BCUT2D eigenvalue weighted by atomic mass is 9.49. The lowest BCUT2D eigenvalue weighted by Gasteiger charge is -2.53. The first kappa shape index (κ1) is 28.5. The highest BCUT2D eigenvalue weighted by Crippen LogP contribution is 2.56. The number of carbonyl (C=O) groups is 3. The highest BCUT2D eigenvalue weighted by atomic mass is 16.3. The van der Waals surface area contributed by atoms with Crippen LogP contribution in [-0.4, -0.2) is 51.2 Å². The topological polar surface area (TPSA) is 124 Å². The molecule has 0 radical (unpaired) electrons. The molecule has 1 aliphatic heterocycles. The zero-order valence-corrected chi connectivity index (χ0v) is 22.1. The predicted octanol–water partition coefficient (Wildman–Crippen LogP) is 2.95. The van der Waals surface area contributed by atoms with E-state index in [9.17, 15) is 29.7 Å². The number of nitrogens with one attached hydrogen (secondary N) is 1. The standard InChI is InChI=1S/C29H43NO6/c1-6-22(32)17(3)9-7-8-10-21(31)15-20-12-11-19-14-16(2)13-18(4)24(19)29(20,5)26(34)23-25(33)28(36)30-27(23)35/h7-12,16-24,28,31-32,36H,6,13-15H2,1-5H3,(H,30,35). The van der Waals surface area contributed by atoms with Crippen LogP contribution in [0, 0.1) is 46.8 Å². The molecule has 0 spiro atoms. The summed E-state index contributed by atoms with van der Waals surface area (Å²) in [4.78, 5) is 39.2. The van der Waals surface area contributed by atoms with Crippen LogP contribution in [-0.2, 0) is 14.4 Å². The summed E-state index contributed by atoms with van der Waals surface area (Å²) in [6.45, 7) is 10.0. The Morgan fingerprint density at radius 3 is 2.44 bits per heavy atom. The Balaban J connectivity index is 1.87. The van der Waals surface area contributed by atoms with Crippen molar-refractivity contribution in [3.63, 3.8) is 0 Å². The van der Waals surface area contributed by atoms with E-state index in [0.29, 0.717) is 12.3 Å². The van der Waals surface area contributed by atoms with Crippen LogP contribution in [0.25, 0.3) is 0 Å². The zero-order valence-electron chi connectivity index (χ0n) is 22.1. The summed E-state index contributed by atoms with van der Waals surface area (Å²) >= 11 is 0. The largest absolute Gasteiger partial charge is 0.393 e. The van der Waals surface area contributed by atoms with Crippen LogP contribution in [0.2, 0.25) is 0 Å². The average Bonchev–Trinajstić information content (AvgIpc) is 3.07. The van der Waals surface area contributed by atoms with Crippen molar-refractivity contribution in [2.24, 2.45) is 46.8 Å². The predicted molar refractivity (Wildman–Crippen MR) is 137 cm³/mol. The molecule has 0 aromatic rings. The van der Waals surface area contributed by atoms with Gasteiger partial charge in [-0.3, -0.25) is 14.4 Å². The maximum Gasteiger partial charge on any atom is 0.240 e. The van der Waals surface area contributed by atoms with Gasteiger partial charge in [-0.15, -0.1) is 0 Å². The van der Waals surface area contributed by atoms with Crippen LogP contribution in [0.4, 0.5) is 0 Å². The van der Waals surface area contributed by atoms with Crippen LogP contribution in [0.1, 0.15) is 60.3 Å². The summed E-state index contributed by atoms with van der Waals surface area (Å²) in [5, 5.41) is 32.8. The third kappa shape index (κ3) is 5.58. The number of ketones is 2. The quantitative estimate of drug-likeness (QED) is 0.219. The summed E-state index contributed by atoms with van der Waals surface area (Å²) < 4.78 is 0. The summed E-state index contributed by atoms with van der Waals surface area (Å²) in [6.07, 6.45) is 11.2. The van der Waals surface area contributed by atoms with Gasteiger partial charge in [-0.2, -0.15) is 0 Å². The number of allylic oxidation sites excluding steroid dienone is 4. The van der Waals surface area contributed by atoms with E-state index in [-0.39, 0.29) is 36.0 Å². The molecule has 0 aromatic carbocycles. The molecule has 11 unspecified atom stereocenters. The number of carbonyl (C=O) groups excluding carboxylic acids is 3. The second kappa shape index (κ2) is 11.5. The van der Waals surface area contributed by atoms with E-state index in [4.69, 9.17) is 0 Å². The number of rotatable bonds is 9. The Labute approximate surface area is 214 Å². The van der Waals surface area contributed by atoms with Gasteiger partial charge in [-0.25, -0.2) is 0 Å². The van der Waals surface area contributed by atoms with E-state index >= 15 is 0 Å². The van der Waals surface area contributed by atoms with Gasteiger partial charge in [-0.05, 0) is 55.3 Å². The maximum absolute atomic E-state index is 14.0. The van der Waals surface area contributed by atoms with E-state index in [1.165, 1.54) is 0 Å². The molecule has 0 bridgehead atoms. The molecule has 2 aliphatic carbocycles. The molecule has 11 atom stereocenters. The lowest BCUT2D eigenvalue weighted by Crippen LogP contribution is -2.55. The molecule has 36 heavy (non-hydrogen) atoms. The molecule has 1 heterocycles. The summed E-state index contributed by atoms with van der Waals surface area (Å²) in [5.41, 5.74) is -1.04. The first-order valence-corrected chi connectivity index (χ1v) is 13.4. The second-order valence-corrected chi connectivity index (χ2v) is 11.5. The van der Waals surface area contributed by atoms with Crippen LogP contribution in [0.15, 0.2) is 36.5 Å². The number of hydrogen-bond acceptors (Lipinski definition) is 6. The van der Waals surface area contributed by atoms with E-state index in [1.54, 1.807) is 18.2 Å². The molecule has 1 amide bonds. The fourth-order valence-electron chi connectivity index (χ4n) is 6.95. The minimum absolute atomic E-state index is 0.00320. The molecule has 7 heteroatoms. The first-order valence-electron chi connectivity index (χ1n) is 13.4. The monoisotopic (exact) mass is 501 g/mol. The SMILES string of the molecule is CCC(O)C(C)C=CC=CC(O)CC1C=CC2CC(C)CC(C)C2C1(C)C(=O)C1C(=O)NC(O)C1=O. The molecule has 1 saturated carbocycles. The molecule has 3 rings (SSSR count). The van der Waals surface area contributed by atoms with Gasteiger partial charge in [-0.1, -0.05) is 71.1 Å². The fraction of sp³-hybridized carbons (Fsp3) is 0.690. The number of amides is 1. The molecular weight excluding hydrogens is 458 g/mol. The van der Waals surface area contributed by atoms with Gasteiger partial charge in [0.15, 0.2) is 17.9 Å². The minimum Gasteiger partial charge on any atom is -0.393 e. The fourth-order valence-corrected chi connectivity index (χ4v) is 6.95. The van der Waals surface area contributed by atoms with Crippen LogP contribution in [0.3, 0.4) is 0 Å². The van der Waals surface area contributed by atoms with Crippen LogP contribution in [0.5, 0.6) is 0 Å². The Bertz CT molecular complexity index is 925. The van der Waals surface area contributed by atoms with Crippen molar-refractivity contribution >= 4 is 17.5 Å².